The van der Waals surface area contributed by atoms with Crippen molar-refractivity contribution in [3.8, 4) is 6.07 Å². The molecule has 0 bridgehead atoms. The first kappa shape index (κ1) is 20.2. The van der Waals surface area contributed by atoms with Crippen molar-refractivity contribution in [2.24, 2.45) is 0 Å². The first-order valence-corrected chi connectivity index (χ1v) is 9.61. The van der Waals surface area contributed by atoms with Crippen molar-refractivity contribution in [2.75, 3.05) is 4.90 Å². The number of nitrogens with zero attached hydrogens (tertiary/aromatic N) is 2. The molecule has 1 N–H and O–H groups in total. The SMILES string of the molecule is N#C/C(C(=O)NCc1ccccc1)=C1/S[C@H](CC(=O)[O-])C(=O)N1c1ccccc1. The number of carboxylic acids is 1. The molecule has 2 aromatic carbocycles. The quantitative estimate of drug-likeness (QED) is 0.572. The number of nitriles is 1. The molecule has 3 rings (SSSR count). The number of aliphatic carboxylic acids is 1. The van der Waals surface area contributed by atoms with Gasteiger partial charge in [-0.15, -0.1) is 0 Å². The minimum absolute atomic E-state index is 0.112. The third-order valence-corrected chi connectivity index (χ3v) is 5.43. The molecule has 1 aliphatic heterocycles. The van der Waals surface area contributed by atoms with Crippen LogP contribution in [0.4, 0.5) is 5.69 Å². The molecule has 7 nitrogen and oxygen atoms in total. The van der Waals surface area contributed by atoms with Gasteiger partial charge in [0.05, 0.1) is 5.25 Å². The Kier molecular flexibility index (Phi) is 6.32. The summed E-state index contributed by atoms with van der Waals surface area (Å²) >= 11 is 0.885. The first-order chi connectivity index (χ1) is 14.0. The molecular weight excluding hydrogens is 390 g/mol. The lowest BCUT2D eigenvalue weighted by molar-refractivity contribution is -0.305. The van der Waals surface area contributed by atoms with Gasteiger partial charge in [-0.2, -0.15) is 5.26 Å². The normalized spacial score (nSPS) is 17.6. The van der Waals surface area contributed by atoms with Crippen molar-refractivity contribution in [1.82, 2.24) is 5.32 Å². The molecular formula is C21H16N3O4S-. The Morgan fingerprint density at radius 3 is 2.31 bits per heavy atom. The van der Waals surface area contributed by atoms with Crippen molar-refractivity contribution in [2.45, 2.75) is 18.2 Å². The standard InChI is InChI=1S/C21H17N3O4S/c22-12-16(19(27)23-13-14-7-3-1-4-8-14)21-24(15-9-5-2-6-10-15)20(28)17(29-21)11-18(25)26/h1-10,17H,11,13H2,(H,23,27)(H,25,26)/p-1/b21-16-/t17-/m1/s1. The zero-order chi connectivity index (χ0) is 20.8. The average Bonchev–Trinajstić information content (AvgIpc) is 3.03. The summed E-state index contributed by atoms with van der Waals surface area (Å²) in [5.41, 5.74) is 1.06. The van der Waals surface area contributed by atoms with E-state index in [-0.39, 0.29) is 17.1 Å². The average molecular weight is 406 g/mol. The van der Waals surface area contributed by atoms with Gasteiger partial charge in [-0.3, -0.25) is 14.5 Å². The van der Waals surface area contributed by atoms with E-state index in [0.717, 1.165) is 17.3 Å². The van der Waals surface area contributed by atoms with Gasteiger partial charge in [0, 0.05) is 24.6 Å². The van der Waals surface area contributed by atoms with Crippen molar-refractivity contribution in [1.29, 1.82) is 5.26 Å². The summed E-state index contributed by atoms with van der Waals surface area (Å²) in [6.07, 6.45) is -0.513. The van der Waals surface area contributed by atoms with Crippen molar-refractivity contribution in [3.63, 3.8) is 0 Å². The molecule has 1 saturated heterocycles. The molecule has 0 unspecified atom stereocenters. The minimum atomic E-state index is -1.38. The van der Waals surface area contributed by atoms with Gasteiger partial charge in [0.2, 0.25) is 5.91 Å². The second-order valence-electron chi connectivity index (χ2n) is 6.15. The molecule has 1 fully saturated rings. The van der Waals surface area contributed by atoms with Gasteiger partial charge < -0.3 is 15.2 Å². The Hall–Kier alpha value is -3.57. The number of hydrogen-bond acceptors (Lipinski definition) is 6. The molecule has 2 aromatic rings. The Bertz CT molecular complexity index is 1000. The topological polar surface area (TPSA) is 113 Å². The lowest BCUT2D eigenvalue weighted by Crippen LogP contribution is -2.34. The number of nitrogens with one attached hydrogen (secondary N) is 1. The molecule has 0 spiro atoms. The first-order valence-electron chi connectivity index (χ1n) is 8.73. The van der Waals surface area contributed by atoms with E-state index < -0.39 is 29.5 Å². The van der Waals surface area contributed by atoms with Crippen LogP contribution in [0, 0.1) is 11.3 Å². The zero-order valence-corrected chi connectivity index (χ0v) is 16.0. The number of amides is 2. The highest BCUT2D eigenvalue weighted by Crippen LogP contribution is 2.41. The molecule has 0 saturated carbocycles. The van der Waals surface area contributed by atoms with Crippen LogP contribution in [0.5, 0.6) is 0 Å². The van der Waals surface area contributed by atoms with Crippen molar-refractivity contribution >= 4 is 35.2 Å². The highest BCUT2D eigenvalue weighted by molar-refractivity contribution is 8.05. The maximum absolute atomic E-state index is 12.8. The number of carboxylic acid groups (broad SMARTS) is 1. The summed E-state index contributed by atoms with van der Waals surface area (Å²) < 4.78 is 0. The van der Waals surface area contributed by atoms with Crippen molar-refractivity contribution < 1.29 is 19.5 Å². The predicted octanol–water partition coefficient (Wildman–Crippen LogP) is 1.33. The minimum Gasteiger partial charge on any atom is -0.550 e. The highest BCUT2D eigenvalue weighted by Gasteiger charge is 2.40. The Balaban J connectivity index is 1.93. The number of carbonyl (C=O) groups is 3. The molecule has 1 heterocycles. The van der Waals surface area contributed by atoms with Crippen LogP contribution in [0.3, 0.4) is 0 Å². The summed E-state index contributed by atoms with van der Waals surface area (Å²) in [4.78, 5) is 37.7. The van der Waals surface area contributed by atoms with E-state index in [0.29, 0.717) is 5.69 Å². The fraction of sp³-hybridized carbons (Fsp3) is 0.143. The third kappa shape index (κ3) is 4.65. The summed E-state index contributed by atoms with van der Waals surface area (Å²) in [5, 5.41) is 22.5. The summed E-state index contributed by atoms with van der Waals surface area (Å²) in [6.45, 7) is 0.213. The van der Waals surface area contributed by atoms with E-state index in [1.165, 1.54) is 4.90 Å². The van der Waals surface area contributed by atoms with E-state index in [1.54, 1.807) is 30.3 Å². The van der Waals surface area contributed by atoms with Crippen LogP contribution >= 0.6 is 11.8 Å². The van der Waals surface area contributed by atoms with Crippen LogP contribution in [0.1, 0.15) is 12.0 Å². The summed E-state index contributed by atoms with van der Waals surface area (Å²) in [6, 6.07) is 19.5. The number of hydrogen-bond donors (Lipinski definition) is 1. The van der Waals surface area contributed by atoms with Gasteiger partial charge in [0.15, 0.2) is 0 Å². The number of thioether (sulfide) groups is 1. The molecule has 1 atom stereocenters. The molecule has 0 radical (unpaired) electrons. The molecule has 29 heavy (non-hydrogen) atoms. The fourth-order valence-corrected chi connectivity index (χ4v) is 4.07. The Morgan fingerprint density at radius 2 is 1.72 bits per heavy atom. The number of para-hydroxylation sites is 1. The summed E-state index contributed by atoms with van der Waals surface area (Å²) in [5.74, 6) is -2.53. The van der Waals surface area contributed by atoms with Crippen LogP contribution in [-0.2, 0) is 20.9 Å². The second kappa shape index (κ2) is 9.08. The molecule has 2 amide bonds. The number of benzene rings is 2. The molecule has 146 valence electrons. The van der Waals surface area contributed by atoms with Gasteiger partial charge >= 0.3 is 0 Å². The molecule has 0 aromatic heterocycles. The predicted molar refractivity (Wildman–Crippen MR) is 106 cm³/mol. The van der Waals surface area contributed by atoms with Gasteiger partial charge in [0.25, 0.3) is 5.91 Å². The third-order valence-electron chi connectivity index (χ3n) is 4.17. The van der Waals surface area contributed by atoms with Crippen LogP contribution in [0.15, 0.2) is 71.3 Å². The largest absolute Gasteiger partial charge is 0.550 e. The second-order valence-corrected chi connectivity index (χ2v) is 7.34. The monoisotopic (exact) mass is 406 g/mol. The maximum atomic E-state index is 12.8. The van der Waals surface area contributed by atoms with Gasteiger partial charge in [-0.25, -0.2) is 0 Å². The Labute approximate surface area is 171 Å². The van der Waals surface area contributed by atoms with Gasteiger partial charge in [0.1, 0.15) is 16.7 Å². The number of anilines is 1. The lowest BCUT2D eigenvalue weighted by Gasteiger charge is -2.18. The van der Waals surface area contributed by atoms with Crippen LogP contribution < -0.4 is 15.3 Å². The van der Waals surface area contributed by atoms with Gasteiger partial charge in [-0.05, 0) is 17.7 Å². The fourth-order valence-electron chi connectivity index (χ4n) is 2.82. The van der Waals surface area contributed by atoms with Crippen LogP contribution in [0.25, 0.3) is 0 Å². The van der Waals surface area contributed by atoms with Crippen molar-refractivity contribution in [3.05, 3.63) is 76.8 Å². The van der Waals surface area contributed by atoms with E-state index in [9.17, 15) is 24.8 Å². The molecule has 0 aliphatic carbocycles. The van der Waals surface area contributed by atoms with Gasteiger partial charge in [-0.1, -0.05) is 60.3 Å². The van der Waals surface area contributed by atoms with E-state index >= 15 is 0 Å². The summed E-state index contributed by atoms with van der Waals surface area (Å²) in [7, 11) is 0. The van der Waals surface area contributed by atoms with Crippen LogP contribution in [0.2, 0.25) is 0 Å². The number of carbonyl (C=O) groups excluding carboxylic acids is 3. The smallest absolute Gasteiger partial charge is 0.264 e. The molecule has 1 aliphatic rings. The van der Waals surface area contributed by atoms with E-state index in [4.69, 9.17) is 0 Å². The van der Waals surface area contributed by atoms with E-state index in [2.05, 4.69) is 5.32 Å². The highest BCUT2D eigenvalue weighted by atomic mass is 32.2. The zero-order valence-electron chi connectivity index (χ0n) is 15.2. The maximum Gasteiger partial charge on any atom is 0.264 e. The number of rotatable bonds is 6. The van der Waals surface area contributed by atoms with Crippen LogP contribution in [-0.4, -0.2) is 23.0 Å². The lowest BCUT2D eigenvalue weighted by atomic mass is 10.2. The Morgan fingerprint density at radius 1 is 1.10 bits per heavy atom. The molecule has 8 heteroatoms. The van der Waals surface area contributed by atoms with E-state index in [1.807, 2.05) is 36.4 Å².